The van der Waals surface area contributed by atoms with Gasteiger partial charge in [0.15, 0.2) is 9.84 Å². The third-order valence-corrected chi connectivity index (χ3v) is 3.82. The van der Waals surface area contributed by atoms with Gasteiger partial charge in [-0.15, -0.1) is 0 Å². The van der Waals surface area contributed by atoms with Crippen molar-refractivity contribution in [2.45, 2.75) is 11.3 Å². The van der Waals surface area contributed by atoms with E-state index in [0.717, 1.165) is 6.26 Å². The molecule has 1 rings (SSSR count). The minimum atomic E-state index is -3.43. The normalized spacial score (nSPS) is 11.8. The first-order valence-electron chi connectivity index (χ1n) is 5.24. The van der Waals surface area contributed by atoms with Crippen molar-refractivity contribution in [1.82, 2.24) is 0 Å². The second-order valence-electron chi connectivity index (χ2n) is 3.77. The van der Waals surface area contributed by atoms with Gasteiger partial charge in [-0.3, -0.25) is 0 Å². The molecular weight excluding hydrogens is 328 g/mol. The summed E-state index contributed by atoms with van der Waals surface area (Å²) in [6.45, 7) is -0.172. The molecule has 1 aromatic rings. The van der Waals surface area contributed by atoms with Gasteiger partial charge in [-0.2, -0.15) is 0 Å². The molecular formula is C11H14BrF2NO2S. The van der Waals surface area contributed by atoms with E-state index in [0.29, 0.717) is 17.6 Å². The number of nitrogens with zero attached hydrogens (tertiary/aromatic N) is 1. The van der Waals surface area contributed by atoms with Crippen molar-refractivity contribution in [2.24, 2.45) is 0 Å². The zero-order valence-electron chi connectivity index (χ0n) is 9.81. The second kappa shape index (κ2) is 6.47. The maximum Gasteiger partial charge on any atom is 0.255 e. The maximum absolute atomic E-state index is 12.5. The predicted octanol–water partition coefficient (Wildman–Crippen LogP) is 2.56. The van der Waals surface area contributed by atoms with Crippen LogP contribution in [0.1, 0.15) is 0 Å². The number of benzene rings is 1. The smallest absolute Gasteiger partial charge is 0.255 e. The lowest BCUT2D eigenvalue weighted by Gasteiger charge is -2.25. The van der Waals surface area contributed by atoms with E-state index in [2.05, 4.69) is 15.9 Å². The lowest BCUT2D eigenvalue weighted by molar-refractivity contribution is 0.155. The van der Waals surface area contributed by atoms with Crippen LogP contribution in [0.15, 0.2) is 29.2 Å². The van der Waals surface area contributed by atoms with Gasteiger partial charge < -0.3 is 4.90 Å². The number of alkyl halides is 3. The van der Waals surface area contributed by atoms with Crippen molar-refractivity contribution in [2.75, 3.05) is 29.6 Å². The molecule has 0 heterocycles. The summed E-state index contributed by atoms with van der Waals surface area (Å²) in [5, 5.41) is 0.484. The Morgan fingerprint density at radius 2 is 1.94 bits per heavy atom. The Labute approximate surface area is 114 Å². The minimum absolute atomic E-state index is 0.0756. The molecule has 0 saturated heterocycles. The molecule has 7 heteroatoms. The molecule has 18 heavy (non-hydrogen) atoms. The Kier molecular flexibility index (Phi) is 5.52. The van der Waals surface area contributed by atoms with E-state index in [1.807, 2.05) is 0 Å². The van der Waals surface area contributed by atoms with Crippen LogP contribution in [0.5, 0.6) is 0 Å². The molecule has 3 nitrogen and oxygen atoms in total. The van der Waals surface area contributed by atoms with Crippen molar-refractivity contribution in [1.29, 1.82) is 0 Å². The van der Waals surface area contributed by atoms with Crippen LogP contribution < -0.4 is 4.90 Å². The number of hydrogen-bond donors (Lipinski definition) is 0. The van der Waals surface area contributed by atoms with Crippen LogP contribution in [0.25, 0.3) is 0 Å². The molecule has 102 valence electrons. The third-order valence-electron chi connectivity index (χ3n) is 2.32. The van der Waals surface area contributed by atoms with Crippen LogP contribution >= 0.6 is 15.9 Å². The van der Waals surface area contributed by atoms with Gasteiger partial charge in [0.05, 0.1) is 17.1 Å². The van der Waals surface area contributed by atoms with E-state index < -0.39 is 22.8 Å². The summed E-state index contributed by atoms with van der Waals surface area (Å²) in [6, 6.07) is 6.18. The van der Waals surface area contributed by atoms with Gasteiger partial charge in [0.2, 0.25) is 0 Å². The van der Waals surface area contributed by atoms with Crippen molar-refractivity contribution in [3.05, 3.63) is 24.3 Å². The zero-order chi connectivity index (χ0) is 13.8. The number of hydrogen-bond acceptors (Lipinski definition) is 3. The molecule has 0 aliphatic heterocycles. The van der Waals surface area contributed by atoms with E-state index in [1.165, 1.54) is 11.0 Å². The van der Waals surface area contributed by atoms with E-state index in [-0.39, 0.29) is 4.90 Å². The molecule has 0 aliphatic rings. The molecule has 0 radical (unpaired) electrons. The average molecular weight is 342 g/mol. The summed E-state index contributed by atoms with van der Waals surface area (Å²) < 4.78 is 48.3. The zero-order valence-corrected chi connectivity index (χ0v) is 12.2. The Morgan fingerprint density at radius 3 is 2.44 bits per heavy atom. The standard InChI is InChI=1S/C11H14BrF2NO2S/c1-18(16,17)10-5-3-2-4-9(10)15(7-6-12)8-11(13)14/h2-5,11H,6-8H2,1H3. The topological polar surface area (TPSA) is 37.4 Å². The first kappa shape index (κ1) is 15.4. The van der Waals surface area contributed by atoms with Gasteiger partial charge in [0.1, 0.15) is 0 Å². The molecule has 0 N–H and O–H groups in total. The number of halogens is 3. The molecule has 1 aromatic carbocycles. The van der Waals surface area contributed by atoms with Gasteiger partial charge >= 0.3 is 0 Å². The lowest BCUT2D eigenvalue weighted by Crippen LogP contribution is -2.31. The first-order chi connectivity index (χ1) is 8.36. The molecule has 0 aromatic heterocycles. The van der Waals surface area contributed by atoms with Crippen LogP contribution in [-0.4, -0.2) is 39.5 Å². The van der Waals surface area contributed by atoms with Crippen LogP contribution in [0.4, 0.5) is 14.5 Å². The molecule has 0 fully saturated rings. The molecule has 0 unspecified atom stereocenters. The Morgan fingerprint density at radius 1 is 1.33 bits per heavy atom. The van der Waals surface area contributed by atoms with E-state index in [4.69, 9.17) is 0 Å². The Balaban J connectivity index is 3.19. The summed E-state index contributed by atoms with van der Waals surface area (Å²) in [4.78, 5) is 1.45. The summed E-state index contributed by atoms with van der Waals surface area (Å²) in [7, 11) is -3.43. The van der Waals surface area contributed by atoms with Crippen LogP contribution in [-0.2, 0) is 9.84 Å². The minimum Gasteiger partial charge on any atom is -0.364 e. The monoisotopic (exact) mass is 341 g/mol. The SMILES string of the molecule is CS(=O)(=O)c1ccccc1N(CCBr)CC(F)F. The largest absolute Gasteiger partial charge is 0.364 e. The van der Waals surface area contributed by atoms with Gasteiger partial charge in [0.25, 0.3) is 6.43 Å². The van der Waals surface area contributed by atoms with Gasteiger partial charge in [-0.25, -0.2) is 17.2 Å². The lowest BCUT2D eigenvalue weighted by atomic mass is 10.3. The molecule has 0 atom stereocenters. The molecule has 0 bridgehead atoms. The average Bonchev–Trinajstić information content (AvgIpc) is 2.27. The highest BCUT2D eigenvalue weighted by Gasteiger charge is 2.19. The summed E-state index contributed by atoms with van der Waals surface area (Å²) >= 11 is 3.18. The molecule has 0 saturated carbocycles. The summed E-state index contributed by atoms with van der Waals surface area (Å²) in [5.74, 6) is 0. The predicted molar refractivity (Wildman–Crippen MR) is 71.6 cm³/mol. The van der Waals surface area contributed by atoms with E-state index in [9.17, 15) is 17.2 Å². The highest BCUT2D eigenvalue weighted by molar-refractivity contribution is 9.09. The number of para-hydroxylation sites is 1. The fourth-order valence-electron chi connectivity index (χ4n) is 1.61. The van der Waals surface area contributed by atoms with Crippen LogP contribution in [0.3, 0.4) is 0 Å². The highest BCUT2D eigenvalue weighted by Crippen LogP contribution is 2.25. The molecule has 0 spiro atoms. The summed E-state index contributed by atoms with van der Waals surface area (Å²) in [6.07, 6.45) is -1.45. The number of anilines is 1. The Hall–Kier alpha value is -0.690. The molecule has 0 amide bonds. The fraction of sp³-hybridized carbons (Fsp3) is 0.455. The quantitative estimate of drug-likeness (QED) is 0.746. The second-order valence-corrected chi connectivity index (χ2v) is 6.54. The maximum atomic E-state index is 12.5. The van der Waals surface area contributed by atoms with Crippen LogP contribution in [0.2, 0.25) is 0 Å². The van der Waals surface area contributed by atoms with Crippen molar-refractivity contribution in [3.63, 3.8) is 0 Å². The van der Waals surface area contributed by atoms with Crippen LogP contribution in [0, 0.1) is 0 Å². The number of rotatable bonds is 6. The van der Waals surface area contributed by atoms with Crippen molar-refractivity contribution >= 4 is 31.5 Å². The highest BCUT2D eigenvalue weighted by atomic mass is 79.9. The third kappa shape index (κ3) is 4.20. The van der Waals surface area contributed by atoms with E-state index >= 15 is 0 Å². The first-order valence-corrected chi connectivity index (χ1v) is 8.25. The Bertz CT molecular complexity index is 494. The van der Waals surface area contributed by atoms with Gasteiger partial charge in [-0.1, -0.05) is 28.1 Å². The van der Waals surface area contributed by atoms with Gasteiger partial charge in [-0.05, 0) is 12.1 Å². The summed E-state index contributed by atoms with van der Waals surface area (Å²) in [5.41, 5.74) is 0.319. The van der Waals surface area contributed by atoms with Gasteiger partial charge in [0, 0.05) is 18.1 Å². The van der Waals surface area contributed by atoms with E-state index in [1.54, 1.807) is 18.2 Å². The van der Waals surface area contributed by atoms with Crippen molar-refractivity contribution in [3.8, 4) is 0 Å². The molecule has 0 aliphatic carbocycles. The fourth-order valence-corrected chi connectivity index (χ4v) is 2.94. The van der Waals surface area contributed by atoms with Crippen molar-refractivity contribution < 1.29 is 17.2 Å². The number of sulfone groups is 1.